The van der Waals surface area contributed by atoms with Gasteiger partial charge in [-0.25, -0.2) is 0 Å². The molecule has 0 spiro atoms. The molecule has 0 aromatic carbocycles. The van der Waals surface area contributed by atoms with Crippen LogP contribution in [-0.2, 0) is 4.79 Å². The van der Waals surface area contributed by atoms with Crippen LogP contribution in [0.2, 0.25) is 5.02 Å². The van der Waals surface area contributed by atoms with Crippen molar-refractivity contribution in [3.05, 3.63) is 29.2 Å². The van der Waals surface area contributed by atoms with E-state index in [4.69, 9.17) is 16.1 Å². The standard InChI is InChI=1S/C11H10ClN5O2/c12-6-2-1-3-13-9(6)10-16-11(19-17-10)7-4-15-8(18)5-14-7/h1-3,7,14H,4-5H2,(H,15,18). The highest BCUT2D eigenvalue weighted by Gasteiger charge is 2.24. The molecule has 3 heterocycles. The van der Waals surface area contributed by atoms with Gasteiger partial charge >= 0.3 is 0 Å². The van der Waals surface area contributed by atoms with E-state index in [1.807, 2.05) is 0 Å². The highest BCUT2D eigenvalue weighted by atomic mass is 35.5. The van der Waals surface area contributed by atoms with Crippen LogP contribution in [0.1, 0.15) is 11.9 Å². The van der Waals surface area contributed by atoms with Gasteiger partial charge in [-0.1, -0.05) is 16.8 Å². The van der Waals surface area contributed by atoms with Crippen LogP contribution >= 0.6 is 11.6 Å². The fourth-order valence-corrected chi connectivity index (χ4v) is 1.97. The molecule has 7 nitrogen and oxygen atoms in total. The average Bonchev–Trinajstić information content (AvgIpc) is 2.89. The van der Waals surface area contributed by atoms with Gasteiger partial charge in [0.1, 0.15) is 11.7 Å². The molecule has 19 heavy (non-hydrogen) atoms. The van der Waals surface area contributed by atoms with Crippen molar-refractivity contribution in [3.63, 3.8) is 0 Å². The Hall–Kier alpha value is -1.99. The van der Waals surface area contributed by atoms with Gasteiger partial charge in [-0.15, -0.1) is 0 Å². The lowest BCUT2D eigenvalue weighted by atomic mass is 10.2. The van der Waals surface area contributed by atoms with E-state index in [-0.39, 0.29) is 18.5 Å². The average molecular weight is 280 g/mol. The number of aromatic nitrogens is 3. The Balaban J connectivity index is 1.84. The van der Waals surface area contributed by atoms with Crippen LogP contribution in [-0.4, -0.2) is 34.1 Å². The summed E-state index contributed by atoms with van der Waals surface area (Å²) in [5.74, 6) is 0.680. The summed E-state index contributed by atoms with van der Waals surface area (Å²) in [6.07, 6.45) is 1.61. The first-order valence-corrected chi connectivity index (χ1v) is 6.06. The van der Waals surface area contributed by atoms with Crippen LogP contribution in [0.4, 0.5) is 0 Å². The van der Waals surface area contributed by atoms with Crippen LogP contribution in [0, 0.1) is 0 Å². The van der Waals surface area contributed by atoms with Gasteiger partial charge in [-0.3, -0.25) is 15.1 Å². The van der Waals surface area contributed by atoms with Crippen molar-refractivity contribution in [1.29, 1.82) is 0 Å². The summed E-state index contributed by atoms with van der Waals surface area (Å²) in [4.78, 5) is 19.4. The number of piperazine rings is 1. The molecule has 1 fully saturated rings. The number of hydrogen-bond acceptors (Lipinski definition) is 6. The lowest BCUT2D eigenvalue weighted by Gasteiger charge is -2.20. The molecule has 1 saturated heterocycles. The summed E-state index contributed by atoms with van der Waals surface area (Å²) < 4.78 is 5.18. The predicted octanol–water partition coefficient (Wildman–Crippen LogP) is 0.546. The summed E-state index contributed by atoms with van der Waals surface area (Å²) in [6.45, 7) is 0.642. The molecule has 2 N–H and O–H groups in total. The van der Waals surface area contributed by atoms with Gasteiger partial charge in [0.25, 0.3) is 0 Å². The third-order valence-corrected chi connectivity index (χ3v) is 3.03. The molecule has 8 heteroatoms. The van der Waals surface area contributed by atoms with Crippen LogP contribution in [0.15, 0.2) is 22.9 Å². The summed E-state index contributed by atoms with van der Waals surface area (Å²) in [7, 11) is 0. The Bertz CT molecular complexity index is 605. The Morgan fingerprint density at radius 1 is 1.47 bits per heavy atom. The Morgan fingerprint density at radius 3 is 3.11 bits per heavy atom. The summed E-state index contributed by atoms with van der Waals surface area (Å²) in [5, 5.41) is 10.0. The minimum absolute atomic E-state index is 0.0521. The highest BCUT2D eigenvalue weighted by molar-refractivity contribution is 6.32. The first-order chi connectivity index (χ1) is 9.24. The molecule has 3 rings (SSSR count). The first-order valence-electron chi connectivity index (χ1n) is 5.68. The van der Waals surface area contributed by atoms with E-state index in [1.165, 1.54) is 0 Å². The Labute approximate surface area is 113 Å². The zero-order valence-electron chi connectivity index (χ0n) is 9.76. The fourth-order valence-electron chi connectivity index (χ4n) is 1.76. The zero-order valence-corrected chi connectivity index (χ0v) is 10.5. The predicted molar refractivity (Wildman–Crippen MR) is 66.3 cm³/mol. The number of nitrogens with one attached hydrogen (secondary N) is 2. The number of hydrogen-bond donors (Lipinski definition) is 2. The molecule has 1 aliphatic heterocycles. The maximum absolute atomic E-state index is 11.0. The van der Waals surface area contributed by atoms with Gasteiger partial charge in [0.2, 0.25) is 17.6 Å². The van der Waals surface area contributed by atoms with E-state index >= 15 is 0 Å². The quantitative estimate of drug-likeness (QED) is 0.834. The number of pyridine rings is 1. The number of halogens is 1. The van der Waals surface area contributed by atoms with Gasteiger partial charge in [0, 0.05) is 12.7 Å². The van der Waals surface area contributed by atoms with E-state index in [9.17, 15) is 4.79 Å². The van der Waals surface area contributed by atoms with Crippen LogP contribution in [0.25, 0.3) is 11.5 Å². The van der Waals surface area contributed by atoms with E-state index in [1.54, 1.807) is 18.3 Å². The molecule has 1 atom stereocenters. The number of carbonyl (C=O) groups is 1. The van der Waals surface area contributed by atoms with Crippen molar-refractivity contribution in [1.82, 2.24) is 25.8 Å². The highest BCUT2D eigenvalue weighted by Crippen LogP contribution is 2.23. The van der Waals surface area contributed by atoms with Gasteiger partial charge in [-0.2, -0.15) is 4.98 Å². The monoisotopic (exact) mass is 279 g/mol. The van der Waals surface area contributed by atoms with Crippen molar-refractivity contribution < 1.29 is 9.32 Å². The number of nitrogens with zero attached hydrogens (tertiary/aromatic N) is 3. The molecule has 0 saturated carbocycles. The van der Waals surface area contributed by atoms with Crippen LogP contribution < -0.4 is 10.6 Å². The van der Waals surface area contributed by atoms with Crippen molar-refractivity contribution >= 4 is 17.5 Å². The summed E-state index contributed by atoms with van der Waals surface area (Å²) in [6, 6.07) is 3.24. The maximum atomic E-state index is 11.0. The molecule has 0 bridgehead atoms. The zero-order chi connectivity index (χ0) is 13.2. The number of rotatable bonds is 2. The number of carbonyl (C=O) groups excluding carboxylic acids is 1. The van der Waals surface area contributed by atoms with Crippen molar-refractivity contribution in [2.24, 2.45) is 0 Å². The SMILES string of the molecule is O=C1CNC(c2nc(-c3ncccc3Cl)no2)CN1. The third kappa shape index (κ3) is 2.42. The van der Waals surface area contributed by atoms with Crippen molar-refractivity contribution in [3.8, 4) is 11.5 Å². The molecule has 0 radical (unpaired) electrons. The maximum Gasteiger partial charge on any atom is 0.245 e. The second-order valence-corrected chi connectivity index (χ2v) is 4.43. The second-order valence-electron chi connectivity index (χ2n) is 4.03. The van der Waals surface area contributed by atoms with E-state index < -0.39 is 0 Å². The number of amides is 1. The van der Waals surface area contributed by atoms with Gasteiger partial charge in [0.05, 0.1) is 11.6 Å². The van der Waals surface area contributed by atoms with Crippen LogP contribution in [0.3, 0.4) is 0 Å². The Morgan fingerprint density at radius 2 is 2.37 bits per heavy atom. The normalized spacial score (nSPS) is 19.2. The summed E-state index contributed by atoms with van der Waals surface area (Å²) in [5.41, 5.74) is 0.471. The molecule has 98 valence electrons. The molecule has 1 unspecified atom stereocenters. The van der Waals surface area contributed by atoms with Gasteiger partial charge in [-0.05, 0) is 12.1 Å². The third-order valence-electron chi connectivity index (χ3n) is 2.72. The molecule has 1 aliphatic rings. The molecular weight excluding hydrogens is 270 g/mol. The minimum atomic E-state index is -0.193. The largest absolute Gasteiger partial charge is 0.353 e. The molecule has 2 aromatic heterocycles. The first kappa shape index (κ1) is 12.1. The van der Waals surface area contributed by atoms with Crippen molar-refractivity contribution in [2.75, 3.05) is 13.1 Å². The fraction of sp³-hybridized carbons (Fsp3) is 0.273. The minimum Gasteiger partial charge on any atom is -0.353 e. The molecule has 1 amide bonds. The molecule has 0 aliphatic carbocycles. The van der Waals surface area contributed by atoms with E-state index in [0.29, 0.717) is 29.0 Å². The smallest absolute Gasteiger partial charge is 0.245 e. The summed E-state index contributed by atoms with van der Waals surface area (Å²) >= 11 is 6.02. The lowest BCUT2D eigenvalue weighted by Crippen LogP contribution is -2.47. The molecular formula is C11H10ClN5O2. The topological polar surface area (TPSA) is 92.9 Å². The Kier molecular flexibility index (Phi) is 3.14. The van der Waals surface area contributed by atoms with Crippen molar-refractivity contribution in [2.45, 2.75) is 6.04 Å². The van der Waals surface area contributed by atoms with E-state index in [0.717, 1.165) is 0 Å². The lowest BCUT2D eigenvalue weighted by molar-refractivity contribution is -0.121. The van der Waals surface area contributed by atoms with Gasteiger partial charge in [0.15, 0.2) is 0 Å². The van der Waals surface area contributed by atoms with Crippen LogP contribution in [0.5, 0.6) is 0 Å². The molecule has 2 aromatic rings. The van der Waals surface area contributed by atoms with E-state index in [2.05, 4.69) is 25.8 Å². The van der Waals surface area contributed by atoms with Gasteiger partial charge < -0.3 is 9.84 Å². The second kappa shape index (κ2) is 4.94.